The number of aromatic nitrogens is 2. The van der Waals surface area contributed by atoms with E-state index >= 15 is 0 Å². The third-order valence-electron chi connectivity index (χ3n) is 3.28. The molecular weight excluding hydrogens is 226 g/mol. The van der Waals surface area contributed by atoms with Crippen molar-refractivity contribution >= 4 is 5.91 Å². The van der Waals surface area contributed by atoms with Crippen molar-refractivity contribution in [1.29, 1.82) is 0 Å². The summed E-state index contributed by atoms with van der Waals surface area (Å²) in [5, 5.41) is 0. The zero-order chi connectivity index (χ0) is 12.5. The van der Waals surface area contributed by atoms with Crippen LogP contribution in [0.2, 0.25) is 0 Å². The van der Waals surface area contributed by atoms with E-state index in [0.29, 0.717) is 11.6 Å². The zero-order valence-corrected chi connectivity index (χ0v) is 10.0. The van der Waals surface area contributed by atoms with Gasteiger partial charge in [0.15, 0.2) is 0 Å². The molecular formula is C14H15N3O. The van der Waals surface area contributed by atoms with Gasteiger partial charge in [0.25, 0.3) is 5.91 Å². The largest absolute Gasteiger partial charge is 0.364 e. The molecule has 2 N–H and O–H groups in total. The van der Waals surface area contributed by atoms with Crippen LogP contribution in [0.5, 0.6) is 0 Å². The van der Waals surface area contributed by atoms with E-state index in [-0.39, 0.29) is 0 Å². The number of amides is 1. The summed E-state index contributed by atoms with van der Waals surface area (Å²) in [6, 6.07) is 9.89. The second-order valence-electron chi connectivity index (χ2n) is 4.75. The van der Waals surface area contributed by atoms with Gasteiger partial charge in [-0.3, -0.25) is 4.79 Å². The fourth-order valence-corrected chi connectivity index (χ4v) is 2.13. The van der Waals surface area contributed by atoms with E-state index in [0.717, 1.165) is 17.9 Å². The summed E-state index contributed by atoms with van der Waals surface area (Å²) >= 11 is 0. The monoisotopic (exact) mass is 241 g/mol. The second-order valence-corrected chi connectivity index (χ2v) is 4.75. The third-order valence-corrected chi connectivity index (χ3v) is 3.28. The van der Waals surface area contributed by atoms with Gasteiger partial charge in [0.2, 0.25) is 0 Å². The molecule has 1 amide bonds. The number of rotatable bonds is 4. The Morgan fingerprint density at radius 2 is 2.06 bits per heavy atom. The van der Waals surface area contributed by atoms with E-state index in [1.165, 1.54) is 12.8 Å². The Morgan fingerprint density at radius 3 is 2.67 bits per heavy atom. The van der Waals surface area contributed by atoms with Crippen LogP contribution in [-0.2, 0) is 6.54 Å². The van der Waals surface area contributed by atoms with Gasteiger partial charge in [-0.05, 0) is 18.8 Å². The number of nitrogens with zero attached hydrogens (tertiary/aromatic N) is 2. The SMILES string of the molecule is NC(=O)c1cnc(-c2ccccc2)n1CC1CC1. The molecule has 1 aliphatic carbocycles. The molecule has 1 aromatic carbocycles. The number of carbonyl (C=O) groups excluding carboxylic acids is 1. The molecule has 0 radical (unpaired) electrons. The molecule has 18 heavy (non-hydrogen) atoms. The molecule has 4 nitrogen and oxygen atoms in total. The fraction of sp³-hybridized carbons (Fsp3) is 0.286. The smallest absolute Gasteiger partial charge is 0.266 e. The van der Waals surface area contributed by atoms with E-state index in [9.17, 15) is 4.79 Å². The predicted molar refractivity (Wildman–Crippen MR) is 68.9 cm³/mol. The highest BCUT2D eigenvalue weighted by Crippen LogP contribution is 2.33. The van der Waals surface area contributed by atoms with Gasteiger partial charge in [-0.1, -0.05) is 30.3 Å². The molecule has 1 aromatic heterocycles. The van der Waals surface area contributed by atoms with E-state index in [1.54, 1.807) is 6.20 Å². The van der Waals surface area contributed by atoms with Crippen LogP contribution in [0.15, 0.2) is 36.5 Å². The highest BCUT2D eigenvalue weighted by molar-refractivity contribution is 5.91. The highest BCUT2D eigenvalue weighted by atomic mass is 16.1. The van der Waals surface area contributed by atoms with Gasteiger partial charge in [-0.15, -0.1) is 0 Å². The first-order valence-electron chi connectivity index (χ1n) is 6.16. The lowest BCUT2D eigenvalue weighted by molar-refractivity contribution is 0.0991. The first-order valence-corrected chi connectivity index (χ1v) is 6.16. The summed E-state index contributed by atoms with van der Waals surface area (Å²) < 4.78 is 1.95. The van der Waals surface area contributed by atoms with Gasteiger partial charge < -0.3 is 10.3 Å². The van der Waals surface area contributed by atoms with Crippen molar-refractivity contribution in [3.05, 3.63) is 42.2 Å². The quantitative estimate of drug-likeness (QED) is 0.890. The van der Waals surface area contributed by atoms with Gasteiger partial charge >= 0.3 is 0 Å². The summed E-state index contributed by atoms with van der Waals surface area (Å²) in [4.78, 5) is 15.8. The maximum Gasteiger partial charge on any atom is 0.266 e. The summed E-state index contributed by atoms with van der Waals surface area (Å²) in [5.74, 6) is 1.08. The maximum absolute atomic E-state index is 11.4. The van der Waals surface area contributed by atoms with Crippen LogP contribution in [0.25, 0.3) is 11.4 Å². The van der Waals surface area contributed by atoms with Gasteiger partial charge in [-0.2, -0.15) is 0 Å². The van der Waals surface area contributed by atoms with E-state index in [1.807, 2.05) is 34.9 Å². The molecule has 0 unspecified atom stereocenters. The Labute approximate surface area is 105 Å². The lowest BCUT2D eigenvalue weighted by atomic mass is 10.2. The van der Waals surface area contributed by atoms with E-state index < -0.39 is 5.91 Å². The third kappa shape index (κ3) is 2.01. The Hall–Kier alpha value is -2.10. The molecule has 92 valence electrons. The fourth-order valence-electron chi connectivity index (χ4n) is 2.13. The number of hydrogen-bond donors (Lipinski definition) is 1. The van der Waals surface area contributed by atoms with E-state index in [4.69, 9.17) is 5.73 Å². The molecule has 1 aliphatic rings. The van der Waals surface area contributed by atoms with Crippen molar-refractivity contribution < 1.29 is 4.79 Å². The minimum atomic E-state index is -0.412. The second kappa shape index (κ2) is 4.29. The summed E-state index contributed by atoms with van der Waals surface area (Å²) in [6.45, 7) is 0.836. The van der Waals surface area contributed by atoms with Gasteiger partial charge in [0.1, 0.15) is 11.5 Å². The molecule has 0 spiro atoms. The van der Waals surface area contributed by atoms with Crippen molar-refractivity contribution in [2.45, 2.75) is 19.4 Å². The normalized spacial score (nSPS) is 14.7. The number of imidazole rings is 1. The summed E-state index contributed by atoms with van der Waals surface area (Å²) in [6.07, 6.45) is 4.03. The molecule has 2 aromatic rings. The van der Waals surface area contributed by atoms with Gasteiger partial charge in [0, 0.05) is 12.1 Å². The molecule has 0 aliphatic heterocycles. The van der Waals surface area contributed by atoms with Crippen molar-refractivity contribution in [1.82, 2.24) is 9.55 Å². The molecule has 0 atom stereocenters. The first-order chi connectivity index (χ1) is 8.75. The van der Waals surface area contributed by atoms with Crippen LogP contribution in [0, 0.1) is 5.92 Å². The van der Waals surface area contributed by atoms with Crippen molar-refractivity contribution in [3.63, 3.8) is 0 Å². The van der Waals surface area contributed by atoms with Crippen LogP contribution in [0.3, 0.4) is 0 Å². The highest BCUT2D eigenvalue weighted by Gasteiger charge is 2.25. The molecule has 4 heteroatoms. The van der Waals surface area contributed by atoms with Crippen LogP contribution in [0.1, 0.15) is 23.3 Å². The number of carbonyl (C=O) groups is 1. The van der Waals surface area contributed by atoms with Crippen LogP contribution >= 0.6 is 0 Å². The lowest BCUT2D eigenvalue weighted by Crippen LogP contribution is -2.18. The van der Waals surface area contributed by atoms with Gasteiger partial charge in [0.05, 0.1) is 6.20 Å². The molecule has 0 bridgehead atoms. The van der Waals surface area contributed by atoms with Crippen LogP contribution in [-0.4, -0.2) is 15.5 Å². The predicted octanol–water partition coefficient (Wildman–Crippen LogP) is 2.06. The average Bonchev–Trinajstić information content (AvgIpc) is 3.08. The molecule has 1 fully saturated rings. The van der Waals surface area contributed by atoms with Crippen molar-refractivity contribution in [3.8, 4) is 11.4 Å². The topological polar surface area (TPSA) is 60.9 Å². The first kappa shape index (κ1) is 11.0. The number of nitrogens with two attached hydrogens (primary N) is 1. The van der Waals surface area contributed by atoms with Crippen molar-refractivity contribution in [2.24, 2.45) is 11.7 Å². The zero-order valence-electron chi connectivity index (χ0n) is 10.0. The molecule has 1 saturated carbocycles. The lowest BCUT2D eigenvalue weighted by Gasteiger charge is -2.09. The van der Waals surface area contributed by atoms with Crippen molar-refractivity contribution in [2.75, 3.05) is 0 Å². The Bertz CT molecular complexity index is 570. The maximum atomic E-state index is 11.4. The molecule has 0 saturated heterocycles. The van der Waals surface area contributed by atoms with Gasteiger partial charge in [-0.25, -0.2) is 4.98 Å². The Balaban J connectivity index is 2.05. The van der Waals surface area contributed by atoms with E-state index in [2.05, 4.69) is 4.98 Å². The standard InChI is InChI=1S/C14H15N3O/c15-13(18)12-8-16-14(11-4-2-1-3-5-11)17(12)9-10-6-7-10/h1-5,8,10H,6-7,9H2,(H2,15,18). The summed E-state index contributed by atoms with van der Waals surface area (Å²) in [7, 11) is 0. The average molecular weight is 241 g/mol. The summed E-state index contributed by atoms with van der Waals surface area (Å²) in [5.41, 5.74) is 6.92. The van der Waals surface area contributed by atoms with Crippen LogP contribution < -0.4 is 5.73 Å². The molecule has 3 rings (SSSR count). The Morgan fingerprint density at radius 1 is 1.33 bits per heavy atom. The minimum Gasteiger partial charge on any atom is -0.364 e. The number of primary amides is 1. The Kier molecular flexibility index (Phi) is 2.63. The molecule has 1 heterocycles. The number of benzene rings is 1. The number of hydrogen-bond acceptors (Lipinski definition) is 2. The minimum absolute atomic E-state index is 0.412. The van der Waals surface area contributed by atoms with Crippen LogP contribution in [0.4, 0.5) is 0 Å².